The van der Waals surface area contributed by atoms with Crippen LogP contribution in [0, 0.1) is 46.3 Å². The molecule has 0 heterocycles. The number of fused-ring (bicyclic) bond motifs is 5. The Hall–Kier alpha value is -3.45. The van der Waals surface area contributed by atoms with Crippen molar-refractivity contribution in [2.75, 3.05) is 25.4 Å². The van der Waals surface area contributed by atoms with Gasteiger partial charge in [0.05, 0.1) is 18.7 Å². The first kappa shape index (κ1) is 45.6. The van der Waals surface area contributed by atoms with Gasteiger partial charge in [-0.05, 0) is 96.8 Å². The molecule has 324 valence electrons. The van der Waals surface area contributed by atoms with Crippen LogP contribution < -0.4 is 16.0 Å². The third-order valence-corrected chi connectivity index (χ3v) is 15.0. The molecule has 4 aliphatic carbocycles. The molecule has 12 nitrogen and oxygen atoms in total. The van der Waals surface area contributed by atoms with Crippen molar-refractivity contribution >= 4 is 34.0 Å². The number of nitrogens with one attached hydrogen (secondary N) is 3. The molecule has 5 unspecified atom stereocenters. The second kappa shape index (κ2) is 20.2. The fraction of sp³-hybridized carbons (Fsp3) is 0.733. The van der Waals surface area contributed by atoms with Crippen molar-refractivity contribution in [1.82, 2.24) is 16.0 Å². The summed E-state index contributed by atoms with van der Waals surface area (Å²) in [5.41, 5.74) is 2.85. The number of carbonyl (C=O) groups is 4. The van der Waals surface area contributed by atoms with Crippen molar-refractivity contribution in [2.45, 2.75) is 137 Å². The highest BCUT2D eigenvalue weighted by Crippen LogP contribution is 2.67. The van der Waals surface area contributed by atoms with Crippen molar-refractivity contribution in [3.63, 3.8) is 0 Å². The maximum atomic E-state index is 13.4. The molecule has 9 atom stereocenters. The SMILES string of the molecule is CC(C)CCC[C@@H](C)C1CC[C@H]2C3CC=C4C[C@@H](OC(=O)NC(Cc5ccccc5)C(=O)NCCOC(=O)CCC(=O)NCCS(=O)(=O)O)CCC4(C)[C@H]3CCC12C. The summed E-state index contributed by atoms with van der Waals surface area (Å²) in [4.78, 5) is 50.7. The Balaban J connectivity index is 1.10. The van der Waals surface area contributed by atoms with Gasteiger partial charge in [0.15, 0.2) is 0 Å². The molecule has 4 aliphatic rings. The van der Waals surface area contributed by atoms with E-state index in [1.54, 1.807) is 0 Å². The van der Waals surface area contributed by atoms with Crippen LogP contribution in [0.15, 0.2) is 42.0 Å². The molecule has 1 aromatic carbocycles. The molecule has 13 heteroatoms. The maximum absolute atomic E-state index is 13.4. The van der Waals surface area contributed by atoms with Crippen LogP contribution in [0.5, 0.6) is 0 Å². The van der Waals surface area contributed by atoms with E-state index in [1.807, 2.05) is 30.3 Å². The van der Waals surface area contributed by atoms with Crippen LogP contribution in [-0.4, -0.2) is 74.4 Å². The monoisotopic (exact) mass is 827 g/mol. The van der Waals surface area contributed by atoms with E-state index in [-0.39, 0.29) is 50.5 Å². The molecule has 3 fully saturated rings. The second-order valence-electron chi connectivity index (χ2n) is 18.6. The van der Waals surface area contributed by atoms with Crippen molar-refractivity contribution in [2.24, 2.45) is 46.3 Å². The number of ether oxygens (including phenoxy) is 2. The van der Waals surface area contributed by atoms with E-state index in [4.69, 9.17) is 14.0 Å². The first-order valence-corrected chi connectivity index (χ1v) is 23.4. The molecule has 3 amide bonds. The summed E-state index contributed by atoms with van der Waals surface area (Å²) in [6.45, 7) is 11.9. The molecule has 0 spiro atoms. The molecule has 0 saturated heterocycles. The topological polar surface area (TPSA) is 177 Å². The number of allylic oxidation sites excluding steroid dienone is 1. The van der Waals surface area contributed by atoms with Gasteiger partial charge in [0.25, 0.3) is 10.1 Å². The van der Waals surface area contributed by atoms with Crippen molar-refractivity contribution in [3.8, 4) is 0 Å². The molecule has 58 heavy (non-hydrogen) atoms. The highest BCUT2D eigenvalue weighted by molar-refractivity contribution is 7.85. The summed E-state index contributed by atoms with van der Waals surface area (Å²) in [6, 6.07) is 8.45. The fourth-order valence-corrected chi connectivity index (χ4v) is 11.7. The maximum Gasteiger partial charge on any atom is 0.408 e. The highest BCUT2D eigenvalue weighted by atomic mass is 32.2. The largest absolute Gasteiger partial charge is 0.464 e. The lowest BCUT2D eigenvalue weighted by Crippen LogP contribution is -2.52. The Morgan fingerprint density at radius 1 is 0.914 bits per heavy atom. The summed E-state index contributed by atoms with van der Waals surface area (Å²) in [5, 5.41) is 7.84. The van der Waals surface area contributed by atoms with Crippen LogP contribution in [0.3, 0.4) is 0 Å². The first-order valence-electron chi connectivity index (χ1n) is 21.8. The quantitative estimate of drug-likeness (QED) is 0.0487. The van der Waals surface area contributed by atoms with E-state index in [9.17, 15) is 27.6 Å². The Morgan fingerprint density at radius 3 is 2.40 bits per heavy atom. The average molecular weight is 828 g/mol. The molecule has 0 aliphatic heterocycles. The summed E-state index contributed by atoms with van der Waals surface area (Å²) in [6.07, 6.45) is 14.3. The zero-order chi connectivity index (χ0) is 42.1. The number of hydrogen-bond donors (Lipinski definition) is 4. The zero-order valence-corrected chi connectivity index (χ0v) is 36.2. The predicted octanol–water partition coefficient (Wildman–Crippen LogP) is 7.18. The van der Waals surface area contributed by atoms with Gasteiger partial charge in [0.2, 0.25) is 11.8 Å². The molecular formula is C45H69N3O9S. The van der Waals surface area contributed by atoms with Gasteiger partial charge in [-0.15, -0.1) is 0 Å². The molecule has 4 N–H and O–H groups in total. The average Bonchev–Trinajstić information content (AvgIpc) is 3.52. The normalized spacial score (nSPS) is 28.8. The van der Waals surface area contributed by atoms with Crippen LogP contribution in [0.2, 0.25) is 0 Å². The zero-order valence-electron chi connectivity index (χ0n) is 35.4. The number of rotatable bonds is 19. The van der Waals surface area contributed by atoms with Gasteiger partial charge in [-0.1, -0.05) is 95.9 Å². The van der Waals surface area contributed by atoms with Crippen LogP contribution in [0.4, 0.5) is 4.79 Å². The van der Waals surface area contributed by atoms with E-state index in [1.165, 1.54) is 50.5 Å². The number of amides is 3. The van der Waals surface area contributed by atoms with Gasteiger partial charge in [0, 0.05) is 25.8 Å². The standard InChI is InChI=1S/C45H69N3O9S/c1-30(2)10-9-11-31(3)36-16-17-37-35-15-14-33-29-34(20-22-44(33,4)38(35)21-23-45(36,37)5)57-43(52)48-39(28-32-12-7-6-8-13-32)42(51)47-24-26-56-41(50)19-18-40(49)46-25-27-58(53,54)55/h6-8,12-14,30-31,34-39H,9-11,15-29H2,1-5H3,(H,46,49)(H,47,51)(H,48,52)(H,53,54,55)/t31-,34+,35?,36?,37+,38+,39?,44?,45?/m1/s1. The lowest BCUT2D eigenvalue weighted by atomic mass is 9.47. The molecule has 1 aromatic rings. The number of carbonyl (C=O) groups excluding carboxylic acids is 4. The van der Waals surface area contributed by atoms with Crippen LogP contribution in [-0.2, 0) is 40.4 Å². The molecular weight excluding hydrogens is 759 g/mol. The minimum atomic E-state index is -4.20. The lowest BCUT2D eigenvalue weighted by Gasteiger charge is -2.58. The van der Waals surface area contributed by atoms with Crippen molar-refractivity contribution in [3.05, 3.63) is 47.5 Å². The summed E-state index contributed by atoms with van der Waals surface area (Å²) < 4.78 is 41.5. The van der Waals surface area contributed by atoms with E-state index >= 15 is 0 Å². The van der Waals surface area contributed by atoms with E-state index < -0.39 is 45.8 Å². The summed E-state index contributed by atoms with van der Waals surface area (Å²) >= 11 is 0. The van der Waals surface area contributed by atoms with Gasteiger partial charge in [0.1, 0.15) is 18.8 Å². The first-order chi connectivity index (χ1) is 27.5. The number of hydrogen-bond acceptors (Lipinski definition) is 8. The molecule has 0 bridgehead atoms. The minimum Gasteiger partial charge on any atom is -0.464 e. The van der Waals surface area contributed by atoms with Gasteiger partial charge in [-0.25, -0.2) is 4.79 Å². The number of benzene rings is 1. The molecule has 3 saturated carbocycles. The van der Waals surface area contributed by atoms with E-state index in [0.717, 1.165) is 60.8 Å². The van der Waals surface area contributed by atoms with Crippen LogP contribution in [0.25, 0.3) is 0 Å². The Labute approximate surface area is 346 Å². The fourth-order valence-electron chi connectivity index (χ4n) is 11.3. The Morgan fingerprint density at radius 2 is 1.67 bits per heavy atom. The van der Waals surface area contributed by atoms with Crippen LogP contribution >= 0.6 is 0 Å². The van der Waals surface area contributed by atoms with Crippen LogP contribution in [0.1, 0.15) is 124 Å². The summed E-state index contributed by atoms with van der Waals surface area (Å²) in [7, 11) is -4.20. The van der Waals surface area contributed by atoms with Gasteiger partial charge in [-0.2, -0.15) is 8.42 Å². The Bertz CT molecular complexity index is 1720. The summed E-state index contributed by atoms with van der Waals surface area (Å²) in [5.74, 6) is 2.25. The van der Waals surface area contributed by atoms with E-state index in [2.05, 4.69) is 56.6 Å². The lowest BCUT2D eigenvalue weighted by molar-refractivity contribution is -0.145. The van der Waals surface area contributed by atoms with E-state index in [0.29, 0.717) is 11.3 Å². The van der Waals surface area contributed by atoms with Gasteiger partial charge < -0.3 is 25.4 Å². The molecule has 0 aromatic heterocycles. The van der Waals surface area contributed by atoms with Gasteiger partial charge in [-0.3, -0.25) is 18.9 Å². The second-order valence-corrected chi connectivity index (χ2v) is 20.2. The highest BCUT2D eigenvalue weighted by Gasteiger charge is 2.59. The number of alkyl carbamates (subject to hydrolysis) is 1. The third kappa shape index (κ3) is 12.1. The minimum absolute atomic E-state index is 0.0113. The van der Waals surface area contributed by atoms with Crippen molar-refractivity contribution in [1.29, 1.82) is 0 Å². The van der Waals surface area contributed by atoms with Gasteiger partial charge >= 0.3 is 12.1 Å². The Kier molecular flexibility index (Phi) is 15.9. The smallest absolute Gasteiger partial charge is 0.408 e. The van der Waals surface area contributed by atoms with Crippen molar-refractivity contribution < 1.29 is 41.6 Å². The predicted molar refractivity (Wildman–Crippen MR) is 223 cm³/mol. The molecule has 5 rings (SSSR count). The number of esters is 1. The molecule has 0 radical (unpaired) electrons. The third-order valence-electron chi connectivity index (χ3n) is 14.3.